The van der Waals surface area contributed by atoms with Crippen LogP contribution >= 0.6 is 11.6 Å². The molecule has 0 saturated carbocycles. The molecule has 0 aromatic rings. The normalized spacial score (nSPS) is 22.9. The lowest BCUT2D eigenvalue weighted by Crippen LogP contribution is -2.43. The molecule has 4 nitrogen and oxygen atoms in total. The van der Waals surface area contributed by atoms with Crippen molar-refractivity contribution in [3.05, 3.63) is 0 Å². The molecule has 0 aromatic heterocycles. The van der Waals surface area contributed by atoms with E-state index in [4.69, 9.17) is 11.6 Å². The Balaban J connectivity index is 2.44. The van der Waals surface area contributed by atoms with E-state index < -0.39 is 10.0 Å². The number of sulfonamides is 1. The minimum absolute atomic E-state index is 0.0750. The van der Waals surface area contributed by atoms with Crippen LogP contribution in [-0.4, -0.2) is 45.2 Å². The first-order chi connectivity index (χ1) is 6.87. The first kappa shape index (κ1) is 13.2. The second kappa shape index (κ2) is 4.99. The first-order valence-electron chi connectivity index (χ1n) is 5.09. The molecule has 0 aromatic carbocycles. The van der Waals surface area contributed by atoms with Crippen LogP contribution in [0.25, 0.3) is 0 Å². The van der Waals surface area contributed by atoms with Gasteiger partial charge in [0.2, 0.25) is 10.0 Å². The third-order valence-electron chi connectivity index (χ3n) is 3.06. The number of piperidine rings is 1. The van der Waals surface area contributed by atoms with Gasteiger partial charge in [-0.05, 0) is 38.4 Å². The van der Waals surface area contributed by atoms with Crippen LogP contribution in [0.15, 0.2) is 0 Å². The highest BCUT2D eigenvalue weighted by atomic mass is 35.5. The van der Waals surface area contributed by atoms with E-state index in [1.54, 1.807) is 0 Å². The van der Waals surface area contributed by atoms with Crippen molar-refractivity contribution in [3.63, 3.8) is 0 Å². The Morgan fingerprint density at radius 1 is 1.40 bits per heavy atom. The summed E-state index contributed by atoms with van der Waals surface area (Å²) in [4.78, 5) is 2.26. The van der Waals surface area contributed by atoms with E-state index >= 15 is 0 Å². The summed E-state index contributed by atoms with van der Waals surface area (Å²) in [5, 5.41) is -0.358. The summed E-state index contributed by atoms with van der Waals surface area (Å²) < 4.78 is 24.9. The van der Waals surface area contributed by atoms with E-state index in [2.05, 4.69) is 23.6 Å². The van der Waals surface area contributed by atoms with Gasteiger partial charge in [0.05, 0.1) is 0 Å². The molecule has 0 atom stereocenters. The molecule has 1 saturated heterocycles. The van der Waals surface area contributed by atoms with Gasteiger partial charge in [0, 0.05) is 6.54 Å². The van der Waals surface area contributed by atoms with Crippen LogP contribution in [0.1, 0.15) is 19.8 Å². The number of nitrogens with one attached hydrogen (secondary N) is 1. The zero-order valence-electron chi connectivity index (χ0n) is 9.29. The zero-order valence-corrected chi connectivity index (χ0v) is 10.9. The van der Waals surface area contributed by atoms with Crippen LogP contribution in [0.3, 0.4) is 0 Å². The molecule has 15 heavy (non-hydrogen) atoms. The third kappa shape index (κ3) is 4.26. The summed E-state index contributed by atoms with van der Waals surface area (Å²) in [6.45, 7) is 4.67. The van der Waals surface area contributed by atoms with Crippen LogP contribution in [-0.2, 0) is 10.0 Å². The highest BCUT2D eigenvalue weighted by molar-refractivity contribution is 7.90. The van der Waals surface area contributed by atoms with Crippen molar-refractivity contribution >= 4 is 21.6 Å². The Morgan fingerprint density at radius 2 is 1.93 bits per heavy atom. The van der Waals surface area contributed by atoms with Crippen molar-refractivity contribution in [3.8, 4) is 0 Å². The topological polar surface area (TPSA) is 49.4 Å². The predicted octanol–water partition coefficient (Wildman–Crippen LogP) is 0.834. The number of alkyl halides is 1. The maximum Gasteiger partial charge on any atom is 0.225 e. The van der Waals surface area contributed by atoms with Crippen molar-refractivity contribution < 1.29 is 8.42 Å². The summed E-state index contributed by atoms with van der Waals surface area (Å²) in [5.41, 5.74) is 0.0750. The standard InChI is InChI=1S/C9H19ClN2O2S/c1-9(3-5-12(2)6-4-9)7-11-15(13,14)8-10/h11H,3-8H2,1-2H3. The van der Waals surface area contributed by atoms with Gasteiger partial charge in [0.25, 0.3) is 0 Å². The molecular formula is C9H19ClN2O2S. The highest BCUT2D eigenvalue weighted by Crippen LogP contribution is 2.29. The Labute approximate surface area is 97.0 Å². The fourth-order valence-corrected chi connectivity index (χ4v) is 2.53. The number of likely N-dealkylation sites (tertiary alicyclic amines) is 1. The van der Waals surface area contributed by atoms with Gasteiger partial charge in [-0.1, -0.05) is 6.92 Å². The Hall–Kier alpha value is 0.160. The number of nitrogens with zero attached hydrogens (tertiary/aromatic N) is 1. The van der Waals surface area contributed by atoms with E-state index in [9.17, 15) is 8.42 Å². The van der Waals surface area contributed by atoms with Gasteiger partial charge >= 0.3 is 0 Å². The molecule has 1 heterocycles. The maximum absolute atomic E-state index is 11.2. The molecule has 1 N–H and O–H groups in total. The average Bonchev–Trinajstić information content (AvgIpc) is 2.21. The number of hydrogen-bond acceptors (Lipinski definition) is 3. The van der Waals surface area contributed by atoms with Crippen LogP contribution < -0.4 is 4.72 Å². The van der Waals surface area contributed by atoms with Crippen LogP contribution in [0.2, 0.25) is 0 Å². The summed E-state index contributed by atoms with van der Waals surface area (Å²) >= 11 is 5.32. The van der Waals surface area contributed by atoms with Gasteiger partial charge < -0.3 is 4.90 Å². The predicted molar refractivity (Wildman–Crippen MR) is 62.5 cm³/mol. The zero-order chi connectivity index (χ0) is 11.5. The summed E-state index contributed by atoms with van der Waals surface area (Å²) in [6.07, 6.45) is 2.04. The first-order valence-corrected chi connectivity index (χ1v) is 7.27. The van der Waals surface area contributed by atoms with Crippen molar-refractivity contribution in [2.45, 2.75) is 19.8 Å². The second-order valence-electron chi connectivity index (χ2n) is 4.66. The fraction of sp³-hybridized carbons (Fsp3) is 1.00. The molecule has 1 aliphatic heterocycles. The highest BCUT2D eigenvalue weighted by Gasteiger charge is 2.29. The van der Waals surface area contributed by atoms with Crippen LogP contribution in [0.4, 0.5) is 0 Å². The van der Waals surface area contributed by atoms with Crippen molar-refractivity contribution in [2.75, 3.05) is 31.9 Å². The van der Waals surface area contributed by atoms with E-state index in [1.165, 1.54) is 0 Å². The van der Waals surface area contributed by atoms with Crippen LogP contribution in [0, 0.1) is 5.41 Å². The maximum atomic E-state index is 11.2. The smallest absolute Gasteiger partial charge is 0.225 e. The van der Waals surface area contributed by atoms with Gasteiger partial charge in [-0.25, -0.2) is 13.1 Å². The van der Waals surface area contributed by atoms with Gasteiger partial charge in [-0.3, -0.25) is 0 Å². The monoisotopic (exact) mass is 254 g/mol. The summed E-state index contributed by atoms with van der Waals surface area (Å²) in [6, 6.07) is 0. The SMILES string of the molecule is CN1CCC(C)(CNS(=O)(=O)CCl)CC1. The molecule has 1 aliphatic rings. The Kier molecular flexibility index (Phi) is 4.40. The van der Waals surface area contributed by atoms with E-state index in [0.717, 1.165) is 25.9 Å². The van der Waals surface area contributed by atoms with Crippen molar-refractivity contribution in [1.29, 1.82) is 0 Å². The molecule has 90 valence electrons. The largest absolute Gasteiger partial charge is 0.306 e. The van der Waals surface area contributed by atoms with Crippen molar-refractivity contribution in [2.24, 2.45) is 5.41 Å². The Bertz CT molecular complexity index is 297. The van der Waals surface area contributed by atoms with Gasteiger partial charge in [0.1, 0.15) is 5.21 Å². The minimum atomic E-state index is -3.27. The van der Waals surface area contributed by atoms with E-state index in [-0.39, 0.29) is 10.6 Å². The molecule has 1 rings (SSSR count). The minimum Gasteiger partial charge on any atom is -0.306 e. The lowest BCUT2D eigenvalue weighted by atomic mass is 9.81. The average molecular weight is 255 g/mol. The molecule has 0 aliphatic carbocycles. The Morgan fingerprint density at radius 3 is 2.40 bits per heavy atom. The molecule has 6 heteroatoms. The summed E-state index contributed by atoms with van der Waals surface area (Å²) in [5.74, 6) is 0. The molecule has 0 unspecified atom stereocenters. The second-order valence-corrected chi connectivity index (χ2v) is 7.05. The number of halogens is 1. The van der Waals surface area contributed by atoms with E-state index in [1.807, 2.05) is 0 Å². The van der Waals surface area contributed by atoms with Crippen LogP contribution in [0.5, 0.6) is 0 Å². The molecule has 0 spiro atoms. The van der Waals surface area contributed by atoms with Crippen molar-refractivity contribution in [1.82, 2.24) is 9.62 Å². The summed E-state index contributed by atoms with van der Waals surface area (Å²) in [7, 11) is -1.18. The molecule has 1 fully saturated rings. The lowest BCUT2D eigenvalue weighted by molar-refractivity contribution is 0.143. The molecule has 0 bridgehead atoms. The number of hydrogen-bond donors (Lipinski definition) is 1. The number of rotatable bonds is 4. The van der Waals surface area contributed by atoms with Gasteiger partial charge in [0.15, 0.2) is 0 Å². The molecular weight excluding hydrogens is 236 g/mol. The van der Waals surface area contributed by atoms with Gasteiger partial charge in [-0.2, -0.15) is 0 Å². The third-order valence-corrected chi connectivity index (χ3v) is 4.79. The lowest BCUT2D eigenvalue weighted by Gasteiger charge is -2.37. The van der Waals surface area contributed by atoms with Gasteiger partial charge in [-0.15, -0.1) is 11.6 Å². The van der Waals surface area contributed by atoms with E-state index in [0.29, 0.717) is 6.54 Å². The quantitative estimate of drug-likeness (QED) is 0.757. The fourth-order valence-electron chi connectivity index (χ4n) is 1.66. The molecule has 0 amide bonds. The molecule has 0 radical (unpaired) electrons.